The van der Waals surface area contributed by atoms with Crippen molar-refractivity contribution >= 4 is 49.7 Å². The van der Waals surface area contributed by atoms with E-state index in [1.165, 1.54) is 0 Å². The first-order valence-corrected chi connectivity index (χ1v) is 3.06. The fourth-order valence-electron chi connectivity index (χ4n) is 0. The molecule has 96 valence electrons. The average Bonchev–Trinajstić information content (AvgIpc) is 1.88. The van der Waals surface area contributed by atoms with Crippen LogP contribution in [0.5, 0.6) is 0 Å². The molecule has 16 heavy (non-hydrogen) atoms. The van der Waals surface area contributed by atoms with Crippen LogP contribution >= 0.6 is 0 Å². The number of aliphatic carboxylic acids is 2. The first kappa shape index (κ1) is 36.0. The zero-order chi connectivity index (χ0) is 10.3. The zero-order valence-electron chi connectivity index (χ0n) is 8.89. The van der Waals surface area contributed by atoms with Crippen molar-refractivity contribution in [3.63, 3.8) is 0 Å². The summed E-state index contributed by atoms with van der Waals surface area (Å²) in [5.74, 6) is -2.87. The Hall–Kier alpha value is -0.000260. The van der Waals surface area contributed by atoms with Gasteiger partial charge in [-0.15, -0.1) is 0 Å². The number of hydrogen-bond donors (Lipinski definition) is 2. The molecule has 9 nitrogen and oxygen atoms in total. The summed E-state index contributed by atoms with van der Waals surface area (Å²) >= 11 is 0. The molecule has 8 N–H and O–H groups in total. The van der Waals surface area contributed by atoms with Gasteiger partial charge in [-0.3, -0.25) is 0 Å². The Labute approximate surface area is 122 Å². The van der Waals surface area contributed by atoms with Crippen molar-refractivity contribution in [2.75, 3.05) is 0 Å². The van der Waals surface area contributed by atoms with Crippen molar-refractivity contribution in [1.29, 1.82) is 0 Å². The third-order valence-corrected chi connectivity index (χ3v) is 0.682. The molecule has 0 rings (SSSR count). The maximum atomic E-state index is 9.34. The van der Waals surface area contributed by atoms with E-state index in [4.69, 9.17) is 10.2 Å². The van der Waals surface area contributed by atoms with E-state index in [-0.39, 0.29) is 54.2 Å². The Balaban J connectivity index is -0.0000000250. The molecule has 0 bridgehead atoms. The van der Waals surface area contributed by atoms with Crippen molar-refractivity contribution in [2.45, 2.75) is 26.1 Å². The molecule has 2 atom stereocenters. The minimum absolute atomic E-state index is 0. The van der Waals surface area contributed by atoms with E-state index in [0.29, 0.717) is 0 Å². The molecule has 0 heterocycles. The molecule has 2 unspecified atom stereocenters. The smallest absolute Gasteiger partial charge is 0.547 e. The van der Waals surface area contributed by atoms with E-state index < -0.39 is 24.1 Å². The van der Waals surface area contributed by atoms with E-state index in [9.17, 15) is 19.8 Å². The van der Waals surface area contributed by atoms with Crippen LogP contribution in [0.25, 0.3) is 0 Å². The van der Waals surface area contributed by atoms with Crippen molar-refractivity contribution in [2.24, 2.45) is 0 Å². The number of aliphatic hydroxyl groups is 2. The van der Waals surface area contributed by atoms with Gasteiger partial charge in [0.05, 0.1) is 24.1 Å². The molecule has 0 aliphatic heterocycles. The molecule has 0 aromatic heterocycles. The van der Waals surface area contributed by atoms with Crippen molar-refractivity contribution in [3.8, 4) is 0 Å². The molecule has 0 aliphatic rings. The number of carboxylic acid groups (broad SMARTS) is 2. The number of rotatable bonds is 2. The van der Waals surface area contributed by atoms with Gasteiger partial charge in [-0.05, 0) is 13.8 Å². The van der Waals surface area contributed by atoms with Gasteiger partial charge in [-0.2, -0.15) is 0 Å². The summed E-state index contributed by atoms with van der Waals surface area (Å²) < 4.78 is 0. The summed E-state index contributed by atoms with van der Waals surface area (Å²) in [5, 5.41) is 34.6. The van der Waals surface area contributed by atoms with Crippen LogP contribution in [0.3, 0.4) is 0 Å². The van der Waals surface area contributed by atoms with Crippen LogP contribution in [0, 0.1) is 0 Å². The second kappa shape index (κ2) is 20.4. The quantitative estimate of drug-likeness (QED) is 0.465. The zero-order valence-corrected chi connectivity index (χ0v) is 11.1. The third kappa shape index (κ3) is 37.0. The summed E-state index contributed by atoms with van der Waals surface area (Å²) in [5.41, 5.74) is 0. The number of hydrogen-bond acceptors (Lipinski definition) is 6. The van der Waals surface area contributed by atoms with E-state index in [0.717, 1.165) is 13.8 Å². The molecular weight excluding hydrogens is 256 g/mol. The predicted molar refractivity (Wildman–Crippen MR) is 50.0 cm³/mol. The van der Waals surface area contributed by atoms with Crippen LogP contribution < -0.4 is 10.2 Å². The Morgan fingerprint density at radius 2 is 0.938 bits per heavy atom. The molecule has 0 aromatic carbocycles. The summed E-state index contributed by atoms with van der Waals surface area (Å²) in [6, 6.07) is 0. The molecule has 0 radical (unpaired) electrons. The Morgan fingerprint density at radius 1 is 0.875 bits per heavy atom. The number of carbonyl (C=O) groups is 2. The van der Waals surface area contributed by atoms with Gasteiger partial charge in [-0.25, -0.2) is 0 Å². The monoisotopic (exact) mass is 272 g/mol. The van der Waals surface area contributed by atoms with Gasteiger partial charge in [0.15, 0.2) is 0 Å². The van der Waals surface area contributed by atoms with Crippen molar-refractivity contribution < 1.29 is 46.4 Å². The first-order chi connectivity index (χ1) is 5.29. The summed E-state index contributed by atoms with van der Waals surface area (Å²) in [4.78, 5) is 18.7. The molecule has 0 amide bonds. The molecule has 0 fully saturated rings. The van der Waals surface area contributed by atoms with Crippen LogP contribution in [0.4, 0.5) is 0 Å². The SMILES string of the molecule is CC(O)C(=O)[O-].CC(O)C(=O)[O-].O.O.O.[Ca+2]. The number of aliphatic hydroxyl groups excluding tert-OH is 2. The summed E-state index contributed by atoms with van der Waals surface area (Å²) in [6.07, 6.45) is -2.69. The number of carboxylic acids is 2. The third-order valence-electron chi connectivity index (χ3n) is 0.682. The summed E-state index contributed by atoms with van der Waals surface area (Å²) in [6.45, 7) is 2.27. The second-order valence-electron chi connectivity index (χ2n) is 1.99. The number of carbonyl (C=O) groups excluding carboxylic acids is 2. The average molecular weight is 272 g/mol. The van der Waals surface area contributed by atoms with Crippen molar-refractivity contribution in [1.82, 2.24) is 0 Å². The van der Waals surface area contributed by atoms with Gasteiger partial charge in [0.1, 0.15) is 0 Å². The Bertz CT molecular complexity index is 140. The first-order valence-electron chi connectivity index (χ1n) is 3.06. The van der Waals surface area contributed by atoms with Gasteiger partial charge < -0.3 is 46.4 Å². The van der Waals surface area contributed by atoms with Crippen LogP contribution in [0.1, 0.15) is 13.8 Å². The molecule has 0 aromatic rings. The fourth-order valence-corrected chi connectivity index (χ4v) is 0. The van der Waals surface area contributed by atoms with Crippen LogP contribution in [0.2, 0.25) is 0 Å². The maximum absolute atomic E-state index is 9.34. The normalized spacial score (nSPS) is 10.2. The van der Waals surface area contributed by atoms with Gasteiger partial charge in [0.2, 0.25) is 0 Å². The van der Waals surface area contributed by atoms with Crippen LogP contribution in [0.15, 0.2) is 0 Å². The molecule has 10 heteroatoms. The molecule has 0 spiro atoms. The van der Waals surface area contributed by atoms with Crippen molar-refractivity contribution in [3.05, 3.63) is 0 Å². The van der Waals surface area contributed by atoms with Crippen LogP contribution in [-0.4, -0.2) is 88.5 Å². The maximum Gasteiger partial charge on any atom is 2.00 e. The molecular formula is C6H16CaO9. The summed E-state index contributed by atoms with van der Waals surface area (Å²) in [7, 11) is 0. The standard InChI is InChI=1S/2C3H6O3.Ca.3H2O/c2*1-2(4)3(5)6;;;;/h2*2,4H,1H3,(H,5,6);;3*1H2/q;;+2;;;/p-2. The van der Waals surface area contributed by atoms with E-state index in [2.05, 4.69) is 0 Å². The molecule has 0 aliphatic carbocycles. The molecule has 0 saturated heterocycles. The van der Waals surface area contributed by atoms with Gasteiger partial charge >= 0.3 is 37.7 Å². The second-order valence-corrected chi connectivity index (χ2v) is 1.99. The topological polar surface area (TPSA) is 215 Å². The minimum atomic E-state index is -1.44. The minimum Gasteiger partial charge on any atom is -0.547 e. The van der Waals surface area contributed by atoms with Gasteiger partial charge in [0, 0.05) is 0 Å². The predicted octanol–water partition coefficient (Wildman–Crippen LogP) is -6.62. The van der Waals surface area contributed by atoms with E-state index in [1.54, 1.807) is 0 Å². The largest absolute Gasteiger partial charge is 2.00 e. The molecule has 0 saturated carbocycles. The van der Waals surface area contributed by atoms with E-state index in [1.807, 2.05) is 0 Å². The Kier molecular flexibility index (Phi) is 45.9. The van der Waals surface area contributed by atoms with Gasteiger partial charge in [0.25, 0.3) is 0 Å². The van der Waals surface area contributed by atoms with Gasteiger partial charge in [-0.1, -0.05) is 0 Å². The van der Waals surface area contributed by atoms with E-state index >= 15 is 0 Å². The fraction of sp³-hybridized carbons (Fsp3) is 0.667. The van der Waals surface area contributed by atoms with Crippen LogP contribution in [-0.2, 0) is 9.59 Å². The Morgan fingerprint density at radius 3 is 0.938 bits per heavy atom.